The van der Waals surface area contributed by atoms with Crippen molar-refractivity contribution in [3.63, 3.8) is 0 Å². The van der Waals surface area contributed by atoms with Crippen LogP contribution in [0.25, 0.3) is 10.6 Å². The molecule has 6 nitrogen and oxygen atoms in total. The molecule has 27 heavy (non-hydrogen) atoms. The van der Waals surface area contributed by atoms with E-state index in [2.05, 4.69) is 25.6 Å². The number of hydrogen-bond acceptors (Lipinski definition) is 6. The van der Waals surface area contributed by atoms with Crippen molar-refractivity contribution in [1.82, 2.24) is 4.98 Å². The number of nitrogens with zero attached hydrogens (tertiary/aromatic N) is 2. The number of ether oxygens (including phenoxy) is 1. The van der Waals surface area contributed by atoms with Gasteiger partial charge in [0.2, 0.25) is 0 Å². The largest absolute Gasteiger partial charge is 0.489 e. The summed E-state index contributed by atoms with van der Waals surface area (Å²) in [6.07, 6.45) is 1.39. The molecule has 140 valence electrons. The van der Waals surface area contributed by atoms with Crippen LogP contribution in [0.5, 0.6) is 5.75 Å². The second-order valence-corrected chi connectivity index (χ2v) is 9.87. The lowest BCUT2D eigenvalue weighted by Gasteiger charge is -2.29. The Balaban J connectivity index is 1.65. The number of nitrogens with one attached hydrogen (secondary N) is 1. The van der Waals surface area contributed by atoms with Gasteiger partial charge in [-0.25, -0.2) is 13.4 Å². The van der Waals surface area contributed by atoms with Crippen LogP contribution in [0.3, 0.4) is 0 Å². The Morgan fingerprint density at radius 2 is 2.00 bits per heavy atom. The molecule has 4 rings (SSSR count). The second kappa shape index (κ2) is 7.14. The third-order valence-corrected chi connectivity index (χ3v) is 7.55. The van der Waals surface area contributed by atoms with E-state index in [1.807, 2.05) is 42.3 Å². The van der Waals surface area contributed by atoms with Crippen LogP contribution < -0.4 is 14.4 Å². The molecule has 0 amide bonds. The first-order chi connectivity index (χ1) is 12.9. The highest BCUT2D eigenvalue weighted by atomic mass is 79.9. The van der Waals surface area contributed by atoms with Crippen LogP contribution in [0.15, 0.2) is 57.3 Å². The Morgan fingerprint density at radius 3 is 2.78 bits per heavy atom. The summed E-state index contributed by atoms with van der Waals surface area (Å²) in [5.41, 5.74) is 2.10. The number of rotatable bonds is 4. The summed E-state index contributed by atoms with van der Waals surface area (Å²) in [7, 11) is -1.84. The molecule has 1 aliphatic rings. The van der Waals surface area contributed by atoms with Gasteiger partial charge in [0.15, 0.2) is 4.21 Å². The van der Waals surface area contributed by atoms with Crippen molar-refractivity contribution in [3.05, 3.63) is 53.1 Å². The van der Waals surface area contributed by atoms with E-state index in [-0.39, 0.29) is 4.21 Å². The fourth-order valence-corrected chi connectivity index (χ4v) is 5.29. The van der Waals surface area contributed by atoms with Crippen molar-refractivity contribution in [1.29, 1.82) is 0 Å². The van der Waals surface area contributed by atoms with E-state index in [0.717, 1.165) is 27.1 Å². The zero-order valence-corrected chi connectivity index (χ0v) is 17.6. The maximum atomic E-state index is 12.9. The van der Waals surface area contributed by atoms with E-state index < -0.39 is 10.0 Å². The molecule has 9 heteroatoms. The van der Waals surface area contributed by atoms with E-state index in [1.54, 1.807) is 12.1 Å². The molecule has 2 aromatic carbocycles. The van der Waals surface area contributed by atoms with Crippen molar-refractivity contribution in [3.8, 4) is 16.3 Å². The minimum Gasteiger partial charge on any atom is -0.489 e. The molecule has 0 atom stereocenters. The van der Waals surface area contributed by atoms with Gasteiger partial charge >= 0.3 is 0 Å². The summed E-state index contributed by atoms with van der Waals surface area (Å²) in [6.45, 7) is 1.27. The highest BCUT2D eigenvalue weighted by molar-refractivity contribution is 9.10. The Labute approximate surface area is 170 Å². The molecule has 1 N–H and O–H groups in total. The molecule has 3 aromatic rings. The molecular formula is C18H16BrN3O3S2. The topological polar surface area (TPSA) is 71.5 Å². The van der Waals surface area contributed by atoms with Crippen LogP contribution in [-0.4, -0.2) is 33.6 Å². The van der Waals surface area contributed by atoms with E-state index >= 15 is 0 Å². The monoisotopic (exact) mass is 465 g/mol. The zero-order chi connectivity index (χ0) is 19.0. The summed E-state index contributed by atoms with van der Waals surface area (Å²) < 4.78 is 35.2. The molecular weight excluding hydrogens is 450 g/mol. The summed E-state index contributed by atoms with van der Waals surface area (Å²) in [4.78, 5) is 6.26. The first kappa shape index (κ1) is 18.3. The van der Waals surface area contributed by atoms with Crippen molar-refractivity contribution in [2.24, 2.45) is 0 Å². The molecule has 0 saturated heterocycles. The van der Waals surface area contributed by atoms with Crippen molar-refractivity contribution >= 4 is 48.7 Å². The summed E-state index contributed by atoms with van der Waals surface area (Å²) >= 11 is 4.52. The molecule has 2 heterocycles. The average molecular weight is 466 g/mol. The number of thiazole rings is 1. The molecule has 0 aliphatic carbocycles. The smallest absolute Gasteiger partial charge is 0.273 e. The fourth-order valence-electron chi connectivity index (χ4n) is 2.82. The average Bonchev–Trinajstić information content (AvgIpc) is 3.13. The Bertz CT molecular complexity index is 1080. The molecule has 0 saturated carbocycles. The normalized spacial score (nSPS) is 13.8. The fraction of sp³-hybridized carbons (Fsp3) is 0.167. The maximum absolute atomic E-state index is 12.9. The van der Waals surface area contributed by atoms with Gasteiger partial charge in [-0.3, -0.25) is 4.72 Å². The molecule has 0 bridgehead atoms. The zero-order valence-electron chi connectivity index (χ0n) is 14.3. The number of benzene rings is 2. The van der Waals surface area contributed by atoms with Crippen LogP contribution in [0, 0.1) is 0 Å². The van der Waals surface area contributed by atoms with E-state index in [9.17, 15) is 8.42 Å². The first-order valence-electron chi connectivity index (χ1n) is 8.15. The molecule has 0 spiro atoms. The number of halogens is 1. The number of sulfonamides is 1. The molecule has 0 fully saturated rings. The third kappa shape index (κ3) is 3.67. The first-order valence-corrected chi connectivity index (χ1v) is 11.2. The third-order valence-electron chi connectivity index (χ3n) is 4.15. The Kier molecular flexibility index (Phi) is 4.83. The van der Waals surface area contributed by atoms with Gasteiger partial charge < -0.3 is 9.64 Å². The van der Waals surface area contributed by atoms with Gasteiger partial charge in [0, 0.05) is 17.1 Å². The maximum Gasteiger partial charge on any atom is 0.273 e. The number of fused-ring (bicyclic) bond motifs is 1. The van der Waals surface area contributed by atoms with Crippen LogP contribution in [0.1, 0.15) is 0 Å². The van der Waals surface area contributed by atoms with Gasteiger partial charge in [0.05, 0.1) is 18.4 Å². The lowest BCUT2D eigenvalue weighted by atomic mass is 10.2. The van der Waals surface area contributed by atoms with Crippen LogP contribution in [-0.2, 0) is 10.0 Å². The molecule has 1 aromatic heterocycles. The van der Waals surface area contributed by atoms with Crippen LogP contribution in [0.2, 0.25) is 0 Å². The highest BCUT2D eigenvalue weighted by Crippen LogP contribution is 2.39. The van der Waals surface area contributed by atoms with Crippen molar-refractivity contribution in [2.45, 2.75) is 4.21 Å². The second-order valence-electron chi connectivity index (χ2n) is 6.02. The number of anilines is 2. The number of likely N-dealkylation sites (N-methyl/N-ethyl adjacent to an activating group) is 1. The molecule has 0 radical (unpaired) electrons. The molecule has 0 unspecified atom stereocenters. The number of para-hydroxylation sites is 1. The van der Waals surface area contributed by atoms with Crippen molar-refractivity contribution in [2.75, 3.05) is 29.8 Å². The number of hydrogen-bond donors (Lipinski definition) is 1. The van der Waals surface area contributed by atoms with Gasteiger partial charge in [-0.2, -0.15) is 0 Å². The van der Waals surface area contributed by atoms with Crippen LogP contribution in [0.4, 0.5) is 11.4 Å². The standard InChI is InChI=1S/C18H16BrN3O3S2/c1-22-9-10-25-15-4-2-3-14(17(15)22)21-27(23,24)16-11-20-18(26-16)12-5-7-13(19)8-6-12/h2-8,11,21H,9-10H2,1H3. The predicted molar refractivity (Wildman–Crippen MR) is 111 cm³/mol. The lowest BCUT2D eigenvalue weighted by molar-refractivity contribution is 0.311. The van der Waals surface area contributed by atoms with Gasteiger partial charge in [0.1, 0.15) is 23.1 Å². The van der Waals surface area contributed by atoms with E-state index in [4.69, 9.17) is 4.74 Å². The van der Waals surface area contributed by atoms with Gasteiger partial charge in [0.25, 0.3) is 10.0 Å². The van der Waals surface area contributed by atoms with Crippen LogP contribution >= 0.6 is 27.3 Å². The lowest BCUT2D eigenvalue weighted by Crippen LogP contribution is -2.30. The van der Waals surface area contributed by atoms with E-state index in [0.29, 0.717) is 29.6 Å². The highest BCUT2D eigenvalue weighted by Gasteiger charge is 2.24. The van der Waals surface area contributed by atoms with Gasteiger partial charge in [-0.1, -0.05) is 34.1 Å². The minimum absolute atomic E-state index is 0.164. The van der Waals surface area contributed by atoms with Crippen molar-refractivity contribution < 1.29 is 13.2 Å². The Hall–Kier alpha value is -2.10. The van der Waals surface area contributed by atoms with Gasteiger partial charge in [-0.05, 0) is 24.3 Å². The summed E-state index contributed by atoms with van der Waals surface area (Å²) in [6, 6.07) is 12.9. The predicted octanol–water partition coefficient (Wildman–Crippen LogP) is 4.20. The quantitative estimate of drug-likeness (QED) is 0.624. The Morgan fingerprint density at radius 1 is 1.22 bits per heavy atom. The summed E-state index contributed by atoms with van der Waals surface area (Å²) in [5.74, 6) is 0.670. The van der Waals surface area contributed by atoms with E-state index in [1.165, 1.54) is 6.20 Å². The summed E-state index contributed by atoms with van der Waals surface area (Å²) in [5, 5.41) is 0.651. The molecule has 1 aliphatic heterocycles. The SMILES string of the molecule is CN1CCOc2cccc(NS(=O)(=O)c3cnc(-c4ccc(Br)cc4)s3)c21. The number of aromatic nitrogens is 1. The van der Waals surface area contributed by atoms with Gasteiger partial charge in [-0.15, -0.1) is 11.3 Å². The minimum atomic E-state index is -3.75.